The highest BCUT2D eigenvalue weighted by Crippen LogP contribution is 2.34. The van der Waals surface area contributed by atoms with Crippen molar-refractivity contribution in [2.24, 2.45) is 0 Å². The number of hydrogen-bond donors (Lipinski definition) is 3. The van der Waals surface area contributed by atoms with Crippen molar-refractivity contribution in [3.8, 4) is 0 Å². The highest BCUT2D eigenvalue weighted by molar-refractivity contribution is 14.1. The second-order valence-corrected chi connectivity index (χ2v) is 6.55. The van der Waals surface area contributed by atoms with Gasteiger partial charge in [0.1, 0.15) is 0 Å². The number of nitrogens with one attached hydrogen (secondary N) is 2. The van der Waals surface area contributed by atoms with Gasteiger partial charge in [0.15, 0.2) is 0 Å². The molecule has 0 spiro atoms. The summed E-state index contributed by atoms with van der Waals surface area (Å²) in [6.07, 6.45) is 1.22. The smallest absolute Gasteiger partial charge is 0.224 e. The third-order valence-corrected chi connectivity index (χ3v) is 4.36. The van der Waals surface area contributed by atoms with Crippen LogP contribution in [0.1, 0.15) is 12.0 Å². The maximum absolute atomic E-state index is 11.5. The van der Waals surface area contributed by atoms with Crippen molar-refractivity contribution in [2.45, 2.75) is 12.8 Å². The largest absolute Gasteiger partial charge is 0.397 e. The Morgan fingerprint density at radius 3 is 2.76 bits per heavy atom. The Bertz CT molecular complexity index is 733. The molecule has 3 rings (SSSR count). The van der Waals surface area contributed by atoms with E-state index in [9.17, 15) is 4.79 Å². The lowest BCUT2D eigenvalue weighted by atomic mass is 10.0. The average molecular weight is 414 g/mol. The molecule has 0 atom stereocenters. The highest BCUT2D eigenvalue weighted by atomic mass is 127. The number of nitrogens with two attached hydrogens (primary N) is 1. The van der Waals surface area contributed by atoms with E-state index in [2.05, 4.69) is 33.2 Å². The van der Waals surface area contributed by atoms with Gasteiger partial charge in [-0.1, -0.05) is 11.6 Å². The van der Waals surface area contributed by atoms with E-state index in [0.29, 0.717) is 17.1 Å². The molecule has 1 amide bonds. The molecule has 0 bridgehead atoms. The van der Waals surface area contributed by atoms with Gasteiger partial charge in [-0.2, -0.15) is 0 Å². The molecule has 1 aliphatic rings. The Balaban J connectivity index is 1.95. The predicted molar refractivity (Wildman–Crippen MR) is 95.3 cm³/mol. The van der Waals surface area contributed by atoms with Crippen LogP contribution in [0.4, 0.5) is 22.7 Å². The third-order valence-electron chi connectivity index (χ3n) is 3.37. The van der Waals surface area contributed by atoms with Crippen molar-refractivity contribution >= 4 is 62.8 Å². The summed E-state index contributed by atoms with van der Waals surface area (Å²) >= 11 is 8.43. The first-order chi connectivity index (χ1) is 10.0. The zero-order valence-corrected chi connectivity index (χ0v) is 14.0. The second kappa shape index (κ2) is 5.73. The van der Waals surface area contributed by atoms with Gasteiger partial charge < -0.3 is 16.4 Å². The molecule has 0 saturated carbocycles. The van der Waals surface area contributed by atoms with E-state index in [4.69, 9.17) is 17.3 Å². The van der Waals surface area contributed by atoms with Crippen molar-refractivity contribution in [3.05, 3.63) is 44.5 Å². The minimum atomic E-state index is 0.0329. The first kappa shape index (κ1) is 14.5. The van der Waals surface area contributed by atoms with Crippen LogP contribution < -0.4 is 16.4 Å². The Morgan fingerprint density at radius 2 is 2.00 bits per heavy atom. The number of fused-ring (bicyclic) bond motifs is 1. The lowest BCUT2D eigenvalue weighted by molar-refractivity contribution is -0.116. The first-order valence-corrected chi connectivity index (χ1v) is 7.93. The van der Waals surface area contributed by atoms with Crippen LogP contribution >= 0.6 is 34.2 Å². The maximum Gasteiger partial charge on any atom is 0.224 e. The van der Waals surface area contributed by atoms with Crippen molar-refractivity contribution in [1.29, 1.82) is 0 Å². The van der Waals surface area contributed by atoms with Crippen molar-refractivity contribution in [2.75, 3.05) is 16.4 Å². The van der Waals surface area contributed by atoms with Crippen LogP contribution in [0.2, 0.25) is 5.02 Å². The molecule has 108 valence electrons. The Hall–Kier alpha value is -1.47. The molecular formula is C15H13ClIN3O. The van der Waals surface area contributed by atoms with Gasteiger partial charge in [0.25, 0.3) is 0 Å². The molecule has 6 heteroatoms. The molecule has 4 N–H and O–H groups in total. The molecule has 0 fully saturated rings. The number of aryl methyl sites for hydroxylation is 1. The SMILES string of the molecule is Nc1cc2c(cc1Nc1ccc(I)cc1Cl)NC(=O)CC2. The number of halogens is 2. The fourth-order valence-electron chi connectivity index (χ4n) is 2.29. The molecule has 0 aliphatic carbocycles. The molecule has 0 aromatic heterocycles. The van der Waals surface area contributed by atoms with Gasteiger partial charge in [-0.25, -0.2) is 0 Å². The molecule has 0 unspecified atom stereocenters. The van der Waals surface area contributed by atoms with E-state index < -0.39 is 0 Å². The number of rotatable bonds is 2. The summed E-state index contributed by atoms with van der Waals surface area (Å²) in [5, 5.41) is 6.72. The van der Waals surface area contributed by atoms with E-state index >= 15 is 0 Å². The summed E-state index contributed by atoms with van der Waals surface area (Å²) in [7, 11) is 0. The molecular weight excluding hydrogens is 401 g/mol. The van der Waals surface area contributed by atoms with E-state index in [-0.39, 0.29) is 5.91 Å². The van der Waals surface area contributed by atoms with Crippen LogP contribution in [0.25, 0.3) is 0 Å². The van der Waals surface area contributed by atoms with E-state index in [1.807, 2.05) is 30.3 Å². The maximum atomic E-state index is 11.5. The number of anilines is 4. The predicted octanol–water partition coefficient (Wildman–Crippen LogP) is 4.16. The monoisotopic (exact) mass is 413 g/mol. The van der Waals surface area contributed by atoms with E-state index in [1.54, 1.807) is 0 Å². The standard InChI is InChI=1S/C15H13ClIN3O/c16-10-6-9(17)2-3-12(10)19-14-7-13-8(5-11(14)18)1-4-15(21)20-13/h2-3,5-7,19H,1,4,18H2,(H,20,21). The van der Waals surface area contributed by atoms with E-state index in [0.717, 1.165) is 32.6 Å². The summed E-state index contributed by atoms with van der Waals surface area (Å²) in [5.74, 6) is 0.0329. The van der Waals surface area contributed by atoms with Crippen molar-refractivity contribution < 1.29 is 4.79 Å². The third kappa shape index (κ3) is 3.08. The lowest BCUT2D eigenvalue weighted by Gasteiger charge is -2.20. The molecule has 2 aromatic rings. The Morgan fingerprint density at radius 1 is 1.19 bits per heavy atom. The second-order valence-electron chi connectivity index (χ2n) is 4.89. The summed E-state index contributed by atoms with van der Waals surface area (Å²) in [6, 6.07) is 9.50. The molecule has 21 heavy (non-hydrogen) atoms. The normalized spacial score (nSPS) is 13.5. The topological polar surface area (TPSA) is 67.2 Å². The quantitative estimate of drug-likeness (QED) is 0.512. The minimum Gasteiger partial charge on any atom is -0.397 e. The van der Waals surface area contributed by atoms with Crippen LogP contribution in [0.5, 0.6) is 0 Å². The van der Waals surface area contributed by atoms with Crippen LogP contribution in [0.15, 0.2) is 30.3 Å². The fraction of sp³-hybridized carbons (Fsp3) is 0.133. The zero-order valence-electron chi connectivity index (χ0n) is 11.0. The van der Waals surface area contributed by atoms with Crippen LogP contribution in [-0.4, -0.2) is 5.91 Å². The number of carbonyl (C=O) groups excluding carboxylic acids is 1. The summed E-state index contributed by atoms with van der Waals surface area (Å²) in [4.78, 5) is 11.5. The number of amides is 1. The number of benzene rings is 2. The van der Waals surface area contributed by atoms with E-state index in [1.165, 1.54) is 0 Å². The molecule has 0 saturated heterocycles. The van der Waals surface area contributed by atoms with Crippen molar-refractivity contribution in [1.82, 2.24) is 0 Å². The zero-order chi connectivity index (χ0) is 15.0. The fourth-order valence-corrected chi connectivity index (χ4v) is 3.19. The van der Waals surface area contributed by atoms with Gasteiger partial charge in [0.05, 0.1) is 22.1 Å². The van der Waals surface area contributed by atoms with Gasteiger partial charge in [0, 0.05) is 15.7 Å². The molecule has 1 aliphatic heterocycles. The van der Waals surface area contributed by atoms with Gasteiger partial charge in [-0.15, -0.1) is 0 Å². The van der Waals surface area contributed by atoms with Gasteiger partial charge in [-0.05, 0) is 64.9 Å². The van der Waals surface area contributed by atoms with Gasteiger partial charge in [0.2, 0.25) is 5.91 Å². The van der Waals surface area contributed by atoms with Crippen LogP contribution in [0, 0.1) is 3.57 Å². The molecule has 2 aromatic carbocycles. The highest BCUT2D eigenvalue weighted by Gasteiger charge is 2.17. The molecule has 1 heterocycles. The van der Waals surface area contributed by atoms with Gasteiger partial charge >= 0.3 is 0 Å². The van der Waals surface area contributed by atoms with Crippen LogP contribution in [0.3, 0.4) is 0 Å². The number of nitrogen functional groups attached to an aromatic ring is 1. The summed E-state index contributed by atoms with van der Waals surface area (Å²) in [6.45, 7) is 0. The van der Waals surface area contributed by atoms with Gasteiger partial charge in [-0.3, -0.25) is 4.79 Å². The first-order valence-electron chi connectivity index (χ1n) is 6.47. The number of hydrogen-bond acceptors (Lipinski definition) is 3. The minimum absolute atomic E-state index is 0.0329. The average Bonchev–Trinajstić information content (AvgIpc) is 2.43. The summed E-state index contributed by atoms with van der Waals surface area (Å²) < 4.78 is 1.06. The molecule has 4 nitrogen and oxygen atoms in total. The molecule has 0 radical (unpaired) electrons. The van der Waals surface area contributed by atoms with Crippen LogP contribution in [-0.2, 0) is 11.2 Å². The summed E-state index contributed by atoms with van der Waals surface area (Å²) in [5.41, 5.74) is 10.1. The van der Waals surface area contributed by atoms with Crippen molar-refractivity contribution in [3.63, 3.8) is 0 Å². The number of carbonyl (C=O) groups is 1. The Labute approximate surface area is 141 Å². The lowest BCUT2D eigenvalue weighted by Crippen LogP contribution is -2.19. The Kier molecular flexibility index (Phi) is 3.95.